The lowest BCUT2D eigenvalue weighted by Crippen LogP contribution is -1.78. The normalized spacial score (nSPS) is 8.32. The standard InChI is InChI=1S/C5H2N4.C4H4N2O.C4H6N2/c1-6-4-5(7-2)9-3-8-4;7-3-4-5-1-2-6-4;1-4-2-5-3-6-4/h3H,(H,8,9);1-3H,(H,5,6);2-3H,1H3,(H,5,6). The third kappa shape index (κ3) is 5.50. The second-order valence-electron chi connectivity index (χ2n) is 3.63. The fourth-order valence-electron chi connectivity index (χ4n) is 1.11. The lowest BCUT2D eigenvalue weighted by atomic mass is 10.6. The molecule has 0 saturated carbocycles. The van der Waals surface area contributed by atoms with Crippen LogP contribution in [0, 0.1) is 20.1 Å². The molecule has 9 heteroatoms. The predicted molar refractivity (Wildman–Crippen MR) is 78.4 cm³/mol. The summed E-state index contributed by atoms with van der Waals surface area (Å²) in [5.41, 5.74) is 1.11. The molecule has 9 nitrogen and oxygen atoms in total. The number of rotatable bonds is 1. The number of hydrogen-bond acceptors (Lipinski definition) is 4. The van der Waals surface area contributed by atoms with Crippen molar-refractivity contribution in [3.05, 3.63) is 65.6 Å². The van der Waals surface area contributed by atoms with Gasteiger partial charge in [0.15, 0.2) is 12.1 Å². The van der Waals surface area contributed by atoms with Gasteiger partial charge in [0, 0.05) is 24.3 Å². The van der Waals surface area contributed by atoms with Crippen LogP contribution in [0.4, 0.5) is 11.6 Å². The lowest BCUT2D eigenvalue weighted by molar-refractivity contribution is 0.111. The molecule has 0 atom stereocenters. The van der Waals surface area contributed by atoms with Gasteiger partial charge < -0.3 is 19.7 Å². The molecule has 0 aliphatic heterocycles. The van der Waals surface area contributed by atoms with Crippen molar-refractivity contribution in [2.24, 2.45) is 0 Å². The van der Waals surface area contributed by atoms with Crippen LogP contribution in [0.25, 0.3) is 9.69 Å². The number of aromatic nitrogens is 6. The van der Waals surface area contributed by atoms with Gasteiger partial charge in [-0.2, -0.15) is 0 Å². The van der Waals surface area contributed by atoms with Crippen molar-refractivity contribution >= 4 is 17.9 Å². The smallest absolute Gasteiger partial charge is 0.293 e. The van der Waals surface area contributed by atoms with Gasteiger partial charge in [-0.1, -0.05) is 18.1 Å². The zero-order valence-corrected chi connectivity index (χ0v) is 11.6. The number of carbonyl (C=O) groups is 1. The topological polar surface area (TPSA) is 112 Å². The number of H-pyrrole nitrogens is 3. The van der Waals surface area contributed by atoms with Gasteiger partial charge in [-0.3, -0.25) is 9.78 Å². The SMILES string of the molecule is Cc1cnc[nH]1.O=Cc1ncc[nH]1.[C-]#[N+]c1nc[nH]c1[N+]#[C-]. The highest BCUT2D eigenvalue weighted by Gasteiger charge is 2.01. The third-order valence-electron chi connectivity index (χ3n) is 2.08. The maximum absolute atomic E-state index is 9.77. The molecule has 22 heavy (non-hydrogen) atoms. The summed E-state index contributed by atoms with van der Waals surface area (Å²) in [7, 11) is 0. The summed E-state index contributed by atoms with van der Waals surface area (Å²) in [6.07, 6.45) is 8.57. The van der Waals surface area contributed by atoms with Crippen LogP contribution in [-0.2, 0) is 0 Å². The first-order valence-electron chi connectivity index (χ1n) is 5.89. The van der Waals surface area contributed by atoms with Crippen LogP contribution >= 0.6 is 0 Å². The van der Waals surface area contributed by atoms with E-state index in [4.69, 9.17) is 13.1 Å². The maximum Gasteiger partial charge on any atom is 0.293 e. The van der Waals surface area contributed by atoms with E-state index in [1.807, 2.05) is 6.92 Å². The van der Waals surface area contributed by atoms with E-state index in [9.17, 15) is 4.79 Å². The van der Waals surface area contributed by atoms with Crippen molar-refractivity contribution in [3.63, 3.8) is 0 Å². The highest BCUT2D eigenvalue weighted by Crippen LogP contribution is 2.21. The molecule has 0 radical (unpaired) electrons. The molecule has 0 bridgehead atoms. The second kappa shape index (κ2) is 9.23. The summed E-state index contributed by atoms with van der Waals surface area (Å²) < 4.78 is 0. The molecule has 0 unspecified atom stereocenters. The molecule has 0 saturated heterocycles. The van der Waals surface area contributed by atoms with E-state index in [1.54, 1.807) is 18.7 Å². The fourth-order valence-corrected chi connectivity index (χ4v) is 1.11. The molecule has 3 heterocycles. The zero-order valence-electron chi connectivity index (χ0n) is 11.6. The first-order chi connectivity index (χ1) is 10.7. The van der Waals surface area contributed by atoms with E-state index in [-0.39, 0.29) is 11.6 Å². The molecule has 0 aliphatic carbocycles. The Hall–Kier alpha value is -3.72. The van der Waals surface area contributed by atoms with Crippen LogP contribution in [0.15, 0.2) is 31.2 Å². The van der Waals surface area contributed by atoms with Crippen molar-refractivity contribution in [3.8, 4) is 0 Å². The first-order valence-corrected chi connectivity index (χ1v) is 5.89. The number of aldehydes is 1. The van der Waals surface area contributed by atoms with E-state index in [0.29, 0.717) is 12.1 Å². The molecule has 3 rings (SSSR count). The summed E-state index contributed by atoms with van der Waals surface area (Å²) in [5.74, 6) is 0.731. The molecule has 0 spiro atoms. The molecule has 0 fully saturated rings. The quantitative estimate of drug-likeness (QED) is 0.473. The number of aromatic amines is 3. The average Bonchev–Trinajstić information content (AvgIpc) is 3.30. The molecule has 3 N–H and O–H groups in total. The van der Waals surface area contributed by atoms with Crippen molar-refractivity contribution in [1.29, 1.82) is 0 Å². The number of aryl methyl sites for hydroxylation is 1. The number of carbonyl (C=O) groups excluding carboxylic acids is 1. The Morgan fingerprint density at radius 1 is 1.14 bits per heavy atom. The van der Waals surface area contributed by atoms with Crippen LogP contribution in [0.1, 0.15) is 16.3 Å². The van der Waals surface area contributed by atoms with Gasteiger partial charge in [-0.25, -0.2) is 9.97 Å². The molecule has 0 aromatic carbocycles. The van der Waals surface area contributed by atoms with E-state index in [2.05, 4.69) is 39.6 Å². The summed E-state index contributed by atoms with van der Waals surface area (Å²) in [6, 6.07) is 0. The molecule has 0 amide bonds. The largest absolute Gasteiger partial charge is 0.373 e. The van der Waals surface area contributed by atoms with Crippen molar-refractivity contribution < 1.29 is 4.79 Å². The zero-order chi connectivity index (χ0) is 16.2. The van der Waals surface area contributed by atoms with E-state index in [1.165, 1.54) is 12.5 Å². The molecular formula is C13H12N8O. The first kappa shape index (κ1) is 16.3. The Balaban J connectivity index is 0.000000169. The Kier molecular flexibility index (Phi) is 6.85. The second-order valence-corrected chi connectivity index (χ2v) is 3.63. The van der Waals surface area contributed by atoms with Crippen LogP contribution in [0.2, 0.25) is 0 Å². The van der Waals surface area contributed by atoms with Gasteiger partial charge in [0.1, 0.15) is 0 Å². The minimum atomic E-state index is 0.144. The van der Waals surface area contributed by atoms with Gasteiger partial charge in [-0.05, 0) is 6.92 Å². The van der Waals surface area contributed by atoms with Crippen LogP contribution in [0.5, 0.6) is 0 Å². The van der Waals surface area contributed by atoms with E-state index >= 15 is 0 Å². The van der Waals surface area contributed by atoms with Gasteiger partial charge in [0.25, 0.3) is 18.0 Å². The minimum absolute atomic E-state index is 0.144. The van der Waals surface area contributed by atoms with E-state index in [0.717, 1.165) is 5.69 Å². The highest BCUT2D eigenvalue weighted by atomic mass is 16.1. The summed E-state index contributed by atoms with van der Waals surface area (Å²) in [5, 5.41) is 0. The molecule has 3 aromatic heterocycles. The summed E-state index contributed by atoms with van der Waals surface area (Å²) in [4.78, 5) is 34.8. The van der Waals surface area contributed by atoms with Crippen molar-refractivity contribution in [1.82, 2.24) is 29.9 Å². The van der Waals surface area contributed by atoms with Gasteiger partial charge in [0.2, 0.25) is 0 Å². The fraction of sp³-hybridized carbons (Fsp3) is 0.0769. The minimum Gasteiger partial charge on any atom is -0.373 e. The molecule has 0 aliphatic rings. The van der Waals surface area contributed by atoms with Crippen LogP contribution < -0.4 is 0 Å². The van der Waals surface area contributed by atoms with Gasteiger partial charge >= 0.3 is 0 Å². The van der Waals surface area contributed by atoms with Crippen LogP contribution in [0.3, 0.4) is 0 Å². The third-order valence-corrected chi connectivity index (χ3v) is 2.08. The Bertz CT molecular complexity index is 714. The molecular weight excluding hydrogens is 284 g/mol. The van der Waals surface area contributed by atoms with Crippen molar-refractivity contribution in [2.45, 2.75) is 6.92 Å². The summed E-state index contributed by atoms with van der Waals surface area (Å²) >= 11 is 0. The summed E-state index contributed by atoms with van der Waals surface area (Å²) in [6.45, 7) is 15.0. The predicted octanol–water partition coefficient (Wildman–Crippen LogP) is 2.45. The molecule has 110 valence electrons. The number of nitrogens with zero attached hydrogens (tertiary/aromatic N) is 5. The Morgan fingerprint density at radius 3 is 2.27 bits per heavy atom. The number of imidazole rings is 3. The Labute approximate surface area is 126 Å². The van der Waals surface area contributed by atoms with Gasteiger partial charge in [0.05, 0.1) is 6.33 Å². The average molecular weight is 296 g/mol. The lowest BCUT2D eigenvalue weighted by Gasteiger charge is -1.78. The highest BCUT2D eigenvalue weighted by molar-refractivity contribution is 5.68. The van der Waals surface area contributed by atoms with E-state index < -0.39 is 0 Å². The van der Waals surface area contributed by atoms with Crippen molar-refractivity contribution in [2.75, 3.05) is 0 Å². The van der Waals surface area contributed by atoms with Crippen LogP contribution in [-0.4, -0.2) is 36.2 Å². The Morgan fingerprint density at radius 2 is 1.95 bits per heavy atom. The monoisotopic (exact) mass is 296 g/mol. The molecule has 3 aromatic rings. The number of nitrogens with one attached hydrogen (secondary N) is 3. The maximum atomic E-state index is 9.77. The van der Waals surface area contributed by atoms with Gasteiger partial charge in [-0.15, -0.1) is 0 Å². The number of hydrogen-bond donors (Lipinski definition) is 3.